The summed E-state index contributed by atoms with van der Waals surface area (Å²) in [5.74, 6) is 0. The Kier molecular flexibility index (Phi) is 3.66. The molecule has 0 spiro atoms. The summed E-state index contributed by atoms with van der Waals surface area (Å²) in [6.07, 6.45) is 2.02. The van der Waals surface area contributed by atoms with Crippen molar-refractivity contribution in [1.82, 2.24) is 4.31 Å². The maximum atomic E-state index is 11.1. The largest absolute Gasteiger partial charge is 0.375 e. The molecule has 0 saturated carbocycles. The highest BCUT2D eigenvalue weighted by molar-refractivity contribution is 7.88. The molecule has 1 aliphatic rings. The van der Waals surface area contributed by atoms with Crippen molar-refractivity contribution >= 4 is 10.0 Å². The van der Waals surface area contributed by atoms with Crippen molar-refractivity contribution < 1.29 is 13.2 Å². The average Bonchev–Trinajstić information content (AvgIpc) is 2.47. The van der Waals surface area contributed by atoms with E-state index in [-0.39, 0.29) is 6.10 Å². The van der Waals surface area contributed by atoms with Crippen LogP contribution in [0.3, 0.4) is 0 Å². The highest BCUT2D eigenvalue weighted by atomic mass is 32.2. The van der Waals surface area contributed by atoms with E-state index in [0.29, 0.717) is 26.2 Å². The Morgan fingerprint density at radius 2 is 2.31 bits per heavy atom. The number of rotatable bonds is 4. The van der Waals surface area contributed by atoms with Crippen LogP contribution in [-0.2, 0) is 14.8 Å². The van der Waals surface area contributed by atoms with Gasteiger partial charge in [-0.25, -0.2) is 8.42 Å². The van der Waals surface area contributed by atoms with Crippen LogP contribution in [0.2, 0.25) is 0 Å². The van der Waals surface area contributed by atoms with Crippen LogP contribution in [0.4, 0.5) is 0 Å². The van der Waals surface area contributed by atoms with Gasteiger partial charge in [0.2, 0.25) is 10.0 Å². The molecule has 1 atom stereocenters. The number of nitrogens with two attached hydrogens (primary N) is 1. The molecule has 1 aliphatic heterocycles. The number of hydrogen-bond donors (Lipinski definition) is 1. The Hall–Kier alpha value is -0.170. The van der Waals surface area contributed by atoms with Crippen LogP contribution in [0.5, 0.6) is 0 Å². The Bertz CT molecular complexity index is 252. The lowest BCUT2D eigenvalue weighted by atomic mass is 10.3. The van der Waals surface area contributed by atoms with E-state index in [1.807, 2.05) is 0 Å². The number of hydrogen-bond acceptors (Lipinski definition) is 4. The Labute approximate surface area is 78.9 Å². The van der Waals surface area contributed by atoms with Crippen LogP contribution >= 0.6 is 0 Å². The molecule has 0 bridgehead atoms. The third kappa shape index (κ3) is 3.22. The van der Waals surface area contributed by atoms with E-state index in [9.17, 15) is 8.42 Å². The van der Waals surface area contributed by atoms with Gasteiger partial charge in [0.05, 0.1) is 19.0 Å². The minimum atomic E-state index is -3.04. The fraction of sp³-hybridized carbons (Fsp3) is 1.00. The molecule has 1 fully saturated rings. The molecule has 0 aromatic rings. The van der Waals surface area contributed by atoms with Crippen molar-refractivity contribution in [2.24, 2.45) is 5.73 Å². The van der Waals surface area contributed by atoms with Gasteiger partial charge in [-0.15, -0.1) is 0 Å². The summed E-state index contributed by atoms with van der Waals surface area (Å²) >= 11 is 0. The van der Waals surface area contributed by atoms with Gasteiger partial charge in [0, 0.05) is 19.6 Å². The van der Waals surface area contributed by atoms with Crippen LogP contribution < -0.4 is 5.73 Å². The standard InChI is InChI=1S/C7H16N2O3S/c1-13(10,11)9-4-2-7(6-9)12-5-3-8/h7H,2-6,8H2,1H3. The summed E-state index contributed by atoms with van der Waals surface area (Å²) in [7, 11) is -3.04. The first kappa shape index (κ1) is 10.9. The summed E-state index contributed by atoms with van der Waals surface area (Å²) in [4.78, 5) is 0. The van der Waals surface area contributed by atoms with E-state index in [0.717, 1.165) is 6.42 Å². The maximum absolute atomic E-state index is 11.1. The summed E-state index contributed by atoms with van der Waals surface area (Å²) in [5, 5.41) is 0. The number of sulfonamides is 1. The Balaban J connectivity index is 2.37. The van der Waals surface area contributed by atoms with Gasteiger partial charge in [0.1, 0.15) is 0 Å². The topological polar surface area (TPSA) is 72.6 Å². The fourth-order valence-electron chi connectivity index (χ4n) is 1.37. The first-order valence-corrected chi connectivity index (χ1v) is 6.15. The highest BCUT2D eigenvalue weighted by Crippen LogP contribution is 2.14. The van der Waals surface area contributed by atoms with Crippen LogP contribution in [-0.4, -0.2) is 51.3 Å². The van der Waals surface area contributed by atoms with E-state index in [1.165, 1.54) is 10.6 Å². The quantitative estimate of drug-likeness (QED) is 0.643. The first-order valence-electron chi connectivity index (χ1n) is 4.31. The van der Waals surface area contributed by atoms with Gasteiger partial charge in [-0.3, -0.25) is 0 Å². The van der Waals surface area contributed by atoms with E-state index >= 15 is 0 Å². The number of ether oxygens (including phenoxy) is 1. The van der Waals surface area contributed by atoms with Gasteiger partial charge in [-0.1, -0.05) is 0 Å². The second-order valence-corrected chi connectivity index (χ2v) is 5.17. The van der Waals surface area contributed by atoms with E-state index < -0.39 is 10.0 Å². The molecule has 0 aliphatic carbocycles. The summed E-state index contributed by atoms with van der Waals surface area (Å²) in [6, 6.07) is 0. The highest BCUT2D eigenvalue weighted by Gasteiger charge is 2.28. The smallest absolute Gasteiger partial charge is 0.211 e. The molecule has 1 unspecified atom stereocenters. The Morgan fingerprint density at radius 3 is 2.77 bits per heavy atom. The second kappa shape index (κ2) is 4.36. The fourth-order valence-corrected chi connectivity index (χ4v) is 2.24. The molecule has 1 heterocycles. The van der Waals surface area contributed by atoms with Gasteiger partial charge in [0.15, 0.2) is 0 Å². The Morgan fingerprint density at radius 1 is 1.62 bits per heavy atom. The third-order valence-corrected chi connectivity index (χ3v) is 3.32. The summed E-state index contributed by atoms with van der Waals surface area (Å²) < 4.78 is 29.0. The van der Waals surface area contributed by atoms with Gasteiger partial charge in [-0.05, 0) is 6.42 Å². The molecule has 5 nitrogen and oxygen atoms in total. The maximum Gasteiger partial charge on any atom is 0.211 e. The first-order chi connectivity index (χ1) is 6.04. The van der Waals surface area contributed by atoms with Crippen molar-refractivity contribution in [2.45, 2.75) is 12.5 Å². The molecule has 0 amide bonds. The van der Waals surface area contributed by atoms with Crippen LogP contribution in [0.25, 0.3) is 0 Å². The van der Waals surface area contributed by atoms with Crippen molar-refractivity contribution in [3.05, 3.63) is 0 Å². The van der Waals surface area contributed by atoms with E-state index in [2.05, 4.69) is 0 Å². The lowest BCUT2D eigenvalue weighted by Crippen LogP contribution is -2.29. The normalized spacial score (nSPS) is 25.2. The van der Waals surface area contributed by atoms with Crippen LogP contribution in [0, 0.1) is 0 Å². The third-order valence-electron chi connectivity index (χ3n) is 2.05. The predicted molar refractivity (Wildman–Crippen MR) is 49.8 cm³/mol. The molecule has 0 radical (unpaired) electrons. The van der Waals surface area contributed by atoms with Crippen molar-refractivity contribution in [3.8, 4) is 0 Å². The lowest BCUT2D eigenvalue weighted by molar-refractivity contribution is 0.0694. The monoisotopic (exact) mass is 208 g/mol. The van der Waals surface area contributed by atoms with Crippen molar-refractivity contribution in [2.75, 3.05) is 32.5 Å². The van der Waals surface area contributed by atoms with Gasteiger partial charge in [0.25, 0.3) is 0 Å². The molecule has 2 N–H and O–H groups in total. The zero-order valence-corrected chi connectivity index (χ0v) is 8.59. The minimum absolute atomic E-state index is 0.0262. The molecule has 1 rings (SSSR count). The second-order valence-electron chi connectivity index (χ2n) is 3.19. The summed E-state index contributed by atoms with van der Waals surface area (Å²) in [5.41, 5.74) is 5.27. The molecule has 1 saturated heterocycles. The minimum Gasteiger partial charge on any atom is -0.375 e. The molecular weight excluding hydrogens is 192 g/mol. The van der Waals surface area contributed by atoms with Gasteiger partial charge < -0.3 is 10.5 Å². The average molecular weight is 208 g/mol. The van der Waals surface area contributed by atoms with Crippen molar-refractivity contribution in [1.29, 1.82) is 0 Å². The zero-order valence-electron chi connectivity index (χ0n) is 7.77. The predicted octanol–water partition coefficient (Wildman–Crippen LogP) is -1.00. The molecule has 0 aromatic heterocycles. The van der Waals surface area contributed by atoms with E-state index in [1.54, 1.807) is 0 Å². The SMILES string of the molecule is CS(=O)(=O)N1CCC(OCCN)C1. The molecule has 13 heavy (non-hydrogen) atoms. The van der Waals surface area contributed by atoms with Crippen LogP contribution in [0.15, 0.2) is 0 Å². The molecule has 78 valence electrons. The summed E-state index contributed by atoms with van der Waals surface area (Å²) in [6.45, 7) is 2.02. The molecular formula is C7H16N2O3S. The van der Waals surface area contributed by atoms with Crippen molar-refractivity contribution in [3.63, 3.8) is 0 Å². The van der Waals surface area contributed by atoms with Gasteiger partial charge in [-0.2, -0.15) is 4.31 Å². The van der Waals surface area contributed by atoms with E-state index in [4.69, 9.17) is 10.5 Å². The molecule has 0 aromatic carbocycles. The van der Waals surface area contributed by atoms with Crippen LogP contribution in [0.1, 0.15) is 6.42 Å². The zero-order chi connectivity index (χ0) is 9.90. The number of nitrogens with zero attached hydrogens (tertiary/aromatic N) is 1. The lowest BCUT2D eigenvalue weighted by Gasteiger charge is -2.13. The van der Waals surface area contributed by atoms with Gasteiger partial charge >= 0.3 is 0 Å². The molecule has 6 heteroatoms.